The summed E-state index contributed by atoms with van der Waals surface area (Å²) in [6.07, 6.45) is 4.34. The Morgan fingerprint density at radius 3 is 2.82 bits per heavy atom. The molecule has 0 amide bonds. The second-order valence-electron chi connectivity index (χ2n) is 3.76. The Morgan fingerprint density at radius 2 is 2.24 bits per heavy atom. The molecule has 92 valence electrons. The molecule has 0 unspecified atom stereocenters. The molecule has 1 N–H and O–H groups in total. The van der Waals surface area contributed by atoms with Crippen LogP contribution in [-0.4, -0.2) is 29.9 Å². The lowest BCUT2D eigenvalue weighted by molar-refractivity contribution is 0.468. The molecule has 1 aromatic rings. The average molecular weight is 297 g/mol. The van der Waals surface area contributed by atoms with Crippen molar-refractivity contribution in [1.82, 2.24) is 4.90 Å². The molecule has 0 bridgehead atoms. The molecule has 0 aliphatic heterocycles. The van der Waals surface area contributed by atoms with Crippen LogP contribution in [0.2, 0.25) is 0 Å². The van der Waals surface area contributed by atoms with E-state index >= 15 is 0 Å². The smallest absolute Gasteiger partial charge is 0.120 e. The molecule has 0 aromatic heterocycles. The molecular formula is C13H17BrN2O. The van der Waals surface area contributed by atoms with Gasteiger partial charge in [-0.2, -0.15) is 0 Å². The van der Waals surface area contributed by atoms with Crippen molar-refractivity contribution in [1.29, 1.82) is 0 Å². The number of aryl methyl sites for hydroxylation is 1. The summed E-state index contributed by atoms with van der Waals surface area (Å²) in [5.74, 6) is 0.303. The zero-order valence-electron chi connectivity index (χ0n) is 10.2. The SMILES string of the molecule is C=CCN(C)C=Nc1cc(CC)c(O)cc1Br. The van der Waals surface area contributed by atoms with Crippen molar-refractivity contribution in [2.45, 2.75) is 13.3 Å². The first-order chi connectivity index (χ1) is 8.08. The Kier molecular flexibility index (Phi) is 5.22. The van der Waals surface area contributed by atoms with Crippen molar-refractivity contribution in [3.8, 4) is 5.75 Å². The molecule has 0 aliphatic rings. The molecule has 1 rings (SSSR count). The fourth-order valence-corrected chi connectivity index (χ4v) is 1.82. The van der Waals surface area contributed by atoms with Gasteiger partial charge in [0.15, 0.2) is 0 Å². The lowest BCUT2D eigenvalue weighted by Gasteiger charge is -2.10. The van der Waals surface area contributed by atoms with Gasteiger partial charge in [0.2, 0.25) is 0 Å². The number of aromatic hydroxyl groups is 1. The first-order valence-corrected chi connectivity index (χ1v) is 6.24. The van der Waals surface area contributed by atoms with Crippen LogP contribution < -0.4 is 0 Å². The van der Waals surface area contributed by atoms with E-state index in [1.54, 1.807) is 12.4 Å². The molecule has 0 atom stereocenters. The first-order valence-electron chi connectivity index (χ1n) is 5.45. The second-order valence-corrected chi connectivity index (χ2v) is 4.61. The highest BCUT2D eigenvalue weighted by atomic mass is 79.9. The van der Waals surface area contributed by atoms with Gasteiger partial charge in [-0.15, -0.1) is 6.58 Å². The van der Waals surface area contributed by atoms with E-state index in [0.717, 1.165) is 28.7 Å². The third-order valence-corrected chi connectivity index (χ3v) is 2.98. The van der Waals surface area contributed by atoms with Crippen molar-refractivity contribution >= 4 is 28.0 Å². The van der Waals surface area contributed by atoms with Crippen molar-refractivity contribution < 1.29 is 5.11 Å². The van der Waals surface area contributed by atoms with Crippen LogP contribution in [0.1, 0.15) is 12.5 Å². The molecule has 0 radical (unpaired) electrons. The van der Waals surface area contributed by atoms with Crippen LogP contribution in [0.25, 0.3) is 0 Å². The fourth-order valence-electron chi connectivity index (χ4n) is 1.39. The maximum absolute atomic E-state index is 9.67. The maximum Gasteiger partial charge on any atom is 0.120 e. The Morgan fingerprint density at radius 1 is 1.53 bits per heavy atom. The molecule has 1 aromatic carbocycles. The molecule has 0 saturated carbocycles. The van der Waals surface area contributed by atoms with E-state index in [2.05, 4.69) is 27.5 Å². The van der Waals surface area contributed by atoms with Gasteiger partial charge < -0.3 is 10.0 Å². The van der Waals surface area contributed by atoms with Gasteiger partial charge in [0.05, 0.1) is 12.0 Å². The standard InChI is InChI=1S/C13H17BrN2O/c1-4-6-16(3)9-15-12-7-10(5-2)13(17)8-11(12)14/h4,7-9,17H,1,5-6H2,2-3H3. The van der Waals surface area contributed by atoms with Crippen LogP contribution in [0, 0.1) is 0 Å². The van der Waals surface area contributed by atoms with Gasteiger partial charge in [-0.1, -0.05) is 13.0 Å². The minimum Gasteiger partial charge on any atom is -0.508 e. The summed E-state index contributed by atoms with van der Waals surface area (Å²) < 4.78 is 0.787. The van der Waals surface area contributed by atoms with E-state index in [1.807, 2.05) is 31.0 Å². The van der Waals surface area contributed by atoms with Gasteiger partial charge in [-0.25, -0.2) is 4.99 Å². The first kappa shape index (κ1) is 13.8. The van der Waals surface area contributed by atoms with Crippen LogP contribution in [0.5, 0.6) is 5.75 Å². The van der Waals surface area contributed by atoms with Crippen molar-refractivity contribution in [2.75, 3.05) is 13.6 Å². The molecule has 4 heteroatoms. The lowest BCUT2D eigenvalue weighted by atomic mass is 10.1. The van der Waals surface area contributed by atoms with E-state index in [-0.39, 0.29) is 0 Å². The summed E-state index contributed by atoms with van der Waals surface area (Å²) in [6.45, 7) is 6.42. The zero-order valence-corrected chi connectivity index (χ0v) is 11.7. The summed E-state index contributed by atoms with van der Waals surface area (Å²) >= 11 is 3.39. The lowest BCUT2D eigenvalue weighted by Crippen LogP contribution is -2.15. The van der Waals surface area contributed by atoms with E-state index in [0.29, 0.717) is 5.75 Å². The molecule has 0 heterocycles. The Balaban J connectivity index is 2.94. The molecule has 3 nitrogen and oxygen atoms in total. The molecule has 17 heavy (non-hydrogen) atoms. The zero-order chi connectivity index (χ0) is 12.8. The summed E-state index contributed by atoms with van der Waals surface area (Å²) in [7, 11) is 1.93. The highest BCUT2D eigenvalue weighted by Gasteiger charge is 2.05. The van der Waals surface area contributed by atoms with Crippen LogP contribution in [0.4, 0.5) is 5.69 Å². The number of benzene rings is 1. The monoisotopic (exact) mass is 296 g/mol. The quantitative estimate of drug-likeness (QED) is 0.513. The molecule has 0 saturated heterocycles. The van der Waals surface area contributed by atoms with Crippen LogP contribution in [0.3, 0.4) is 0 Å². The van der Waals surface area contributed by atoms with E-state index in [9.17, 15) is 5.11 Å². The Labute approximate surface area is 111 Å². The number of hydrogen-bond acceptors (Lipinski definition) is 2. The minimum atomic E-state index is 0.303. The van der Waals surface area contributed by atoms with Crippen LogP contribution in [-0.2, 0) is 6.42 Å². The van der Waals surface area contributed by atoms with Crippen molar-refractivity contribution in [3.63, 3.8) is 0 Å². The van der Waals surface area contributed by atoms with Gasteiger partial charge in [0.1, 0.15) is 5.75 Å². The Bertz CT molecular complexity index is 430. The molecule has 0 spiro atoms. The molecule has 0 aliphatic carbocycles. The fraction of sp³-hybridized carbons (Fsp3) is 0.308. The summed E-state index contributed by atoms with van der Waals surface area (Å²) in [5, 5.41) is 9.67. The van der Waals surface area contributed by atoms with Gasteiger partial charge in [0, 0.05) is 18.1 Å². The van der Waals surface area contributed by atoms with Gasteiger partial charge in [0.25, 0.3) is 0 Å². The summed E-state index contributed by atoms with van der Waals surface area (Å²) in [5.41, 5.74) is 1.71. The van der Waals surface area contributed by atoms with E-state index in [4.69, 9.17) is 0 Å². The Hall–Kier alpha value is -1.29. The van der Waals surface area contributed by atoms with E-state index in [1.165, 1.54) is 0 Å². The molecule has 0 fully saturated rings. The van der Waals surface area contributed by atoms with Crippen LogP contribution in [0.15, 0.2) is 34.3 Å². The maximum atomic E-state index is 9.67. The highest BCUT2D eigenvalue weighted by molar-refractivity contribution is 9.10. The topological polar surface area (TPSA) is 35.8 Å². The summed E-state index contributed by atoms with van der Waals surface area (Å²) in [4.78, 5) is 6.30. The number of aliphatic imine (C=N–C) groups is 1. The second kappa shape index (κ2) is 6.45. The summed E-state index contributed by atoms with van der Waals surface area (Å²) in [6, 6.07) is 3.57. The van der Waals surface area contributed by atoms with Gasteiger partial charge in [-0.3, -0.25) is 0 Å². The third kappa shape index (κ3) is 3.89. The highest BCUT2D eigenvalue weighted by Crippen LogP contribution is 2.32. The number of phenols is 1. The third-order valence-electron chi connectivity index (χ3n) is 2.34. The van der Waals surface area contributed by atoms with Gasteiger partial charge >= 0.3 is 0 Å². The number of halogens is 1. The minimum absolute atomic E-state index is 0.303. The predicted octanol–water partition coefficient (Wildman–Crippen LogP) is 3.49. The number of likely N-dealkylation sites (N-methyl/N-ethyl adjacent to an activating group) is 1. The number of rotatable bonds is 5. The normalized spacial score (nSPS) is 10.8. The van der Waals surface area contributed by atoms with Crippen LogP contribution >= 0.6 is 15.9 Å². The van der Waals surface area contributed by atoms with Crippen molar-refractivity contribution in [2.24, 2.45) is 4.99 Å². The van der Waals surface area contributed by atoms with E-state index < -0.39 is 0 Å². The van der Waals surface area contributed by atoms with Crippen molar-refractivity contribution in [3.05, 3.63) is 34.8 Å². The van der Waals surface area contributed by atoms with Gasteiger partial charge in [-0.05, 0) is 40.0 Å². The largest absolute Gasteiger partial charge is 0.508 e. The molecular weight excluding hydrogens is 280 g/mol. The number of hydrogen-bond donors (Lipinski definition) is 1. The number of phenolic OH excluding ortho intramolecular Hbond substituents is 1. The number of nitrogens with zero attached hydrogens (tertiary/aromatic N) is 2. The predicted molar refractivity (Wildman–Crippen MR) is 76.2 cm³/mol. The average Bonchev–Trinajstić information content (AvgIpc) is 2.28.